The fourth-order valence-electron chi connectivity index (χ4n) is 0.332. The molecular weight excluding hydrogens is 118 g/mol. The van der Waals surface area contributed by atoms with E-state index in [2.05, 4.69) is 5.22 Å². The van der Waals surface area contributed by atoms with Gasteiger partial charge in [0.2, 0.25) is 6.41 Å². The molecule has 0 spiro atoms. The van der Waals surface area contributed by atoms with Gasteiger partial charge in [0, 0.05) is 0 Å². The van der Waals surface area contributed by atoms with E-state index in [-0.39, 0.29) is 5.54 Å². The minimum atomic E-state index is -0.372. The van der Waals surface area contributed by atoms with E-state index in [1.807, 2.05) is 0 Å². The highest BCUT2D eigenvalue weighted by Gasteiger charge is 2.18. The first-order chi connectivity index (χ1) is 4.02. The van der Waals surface area contributed by atoms with Crippen LogP contribution in [0.15, 0.2) is 5.22 Å². The van der Waals surface area contributed by atoms with Crippen LogP contribution in [0.1, 0.15) is 20.8 Å². The molecular formula is C5H11N3O. The topological polar surface area (TPSA) is 56.5 Å². The summed E-state index contributed by atoms with van der Waals surface area (Å²) < 4.78 is 0. The van der Waals surface area contributed by atoms with E-state index >= 15 is 0 Å². The van der Waals surface area contributed by atoms with E-state index in [1.54, 1.807) is 20.8 Å². The summed E-state index contributed by atoms with van der Waals surface area (Å²) >= 11 is 0. The minimum absolute atomic E-state index is 0.372. The summed E-state index contributed by atoms with van der Waals surface area (Å²) in [7, 11) is 0. The number of nitrogens with zero attached hydrogens (tertiary/aromatic N) is 2. The SMILES string of the molecule is CC(C)(C)N(C=O)N=N. The summed E-state index contributed by atoms with van der Waals surface area (Å²) in [5, 5.41) is 4.04. The molecule has 0 saturated carbocycles. The fourth-order valence-corrected chi connectivity index (χ4v) is 0.332. The maximum absolute atomic E-state index is 10.1. The molecule has 0 aromatic heterocycles. The van der Waals surface area contributed by atoms with Gasteiger partial charge < -0.3 is 0 Å². The van der Waals surface area contributed by atoms with Crippen molar-refractivity contribution >= 4 is 6.41 Å². The monoisotopic (exact) mass is 129 g/mol. The minimum Gasteiger partial charge on any atom is -0.277 e. The van der Waals surface area contributed by atoms with Crippen LogP contribution in [0.4, 0.5) is 0 Å². The van der Waals surface area contributed by atoms with Crippen molar-refractivity contribution in [3.63, 3.8) is 0 Å². The van der Waals surface area contributed by atoms with E-state index in [0.29, 0.717) is 6.41 Å². The van der Waals surface area contributed by atoms with Crippen LogP contribution in [-0.4, -0.2) is 17.0 Å². The van der Waals surface area contributed by atoms with Crippen molar-refractivity contribution in [3.05, 3.63) is 0 Å². The number of hydrogen-bond acceptors (Lipinski definition) is 3. The van der Waals surface area contributed by atoms with Gasteiger partial charge in [-0.05, 0) is 20.8 Å². The molecule has 0 aromatic carbocycles. The molecule has 0 aliphatic heterocycles. The van der Waals surface area contributed by atoms with Gasteiger partial charge in [-0.25, -0.2) is 5.01 Å². The lowest BCUT2D eigenvalue weighted by Gasteiger charge is -2.24. The van der Waals surface area contributed by atoms with E-state index < -0.39 is 0 Å². The molecule has 0 bridgehead atoms. The van der Waals surface area contributed by atoms with Crippen molar-refractivity contribution in [1.82, 2.24) is 5.01 Å². The lowest BCUT2D eigenvalue weighted by molar-refractivity contribution is -0.123. The highest BCUT2D eigenvalue weighted by Crippen LogP contribution is 2.09. The molecule has 0 aliphatic rings. The van der Waals surface area contributed by atoms with Crippen LogP contribution in [0.2, 0.25) is 0 Å². The quantitative estimate of drug-likeness (QED) is 0.340. The lowest BCUT2D eigenvalue weighted by Crippen LogP contribution is -2.35. The Morgan fingerprint density at radius 3 is 2.00 bits per heavy atom. The smallest absolute Gasteiger partial charge is 0.231 e. The molecule has 0 atom stereocenters. The average Bonchev–Trinajstić information content (AvgIpc) is 1.65. The first-order valence-electron chi connectivity index (χ1n) is 2.64. The van der Waals surface area contributed by atoms with Crippen molar-refractivity contribution in [2.45, 2.75) is 26.3 Å². The van der Waals surface area contributed by atoms with Crippen molar-refractivity contribution in [2.24, 2.45) is 5.22 Å². The predicted octanol–water partition coefficient (Wildman–Crippen LogP) is 1.19. The Labute approximate surface area is 54.3 Å². The molecule has 0 saturated heterocycles. The number of hydrogen-bond donors (Lipinski definition) is 1. The van der Waals surface area contributed by atoms with Crippen LogP contribution in [0, 0.1) is 5.53 Å². The first kappa shape index (κ1) is 8.07. The van der Waals surface area contributed by atoms with E-state index in [1.165, 1.54) is 0 Å². The van der Waals surface area contributed by atoms with Gasteiger partial charge in [0.05, 0.1) is 5.54 Å². The van der Waals surface area contributed by atoms with Crippen molar-refractivity contribution < 1.29 is 4.79 Å². The maximum atomic E-state index is 10.1. The van der Waals surface area contributed by atoms with E-state index in [4.69, 9.17) is 5.53 Å². The zero-order valence-electron chi connectivity index (χ0n) is 5.88. The standard InChI is InChI=1S/C5H11N3O/c1-5(2,3)8(4-9)7-6/h4,6H,1-3H3. The lowest BCUT2D eigenvalue weighted by atomic mass is 10.1. The Balaban J connectivity index is 4.11. The summed E-state index contributed by atoms with van der Waals surface area (Å²) in [6, 6.07) is 0. The van der Waals surface area contributed by atoms with Crippen molar-refractivity contribution in [3.8, 4) is 0 Å². The van der Waals surface area contributed by atoms with Gasteiger partial charge in [-0.2, -0.15) is 5.53 Å². The Hall–Kier alpha value is -0.930. The van der Waals surface area contributed by atoms with Gasteiger partial charge in [0.1, 0.15) is 0 Å². The number of carbonyl (C=O) groups excluding carboxylic acids is 1. The third-order valence-electron chi connectivity index (χ3n) is 0.895. The van der Waals surface area contributed by atoms with Crippen LogP contribution < -0.4 is 0 Å². The summed E-state index contributed by atoms with van der Waals surface area (Å²) in [5.41, 5.74) is 6.16. The summed E-state index contributed by atoms with van der Waals surface area (Å²) in [5.74, 6) is 0. The molecule has 1 amide bonds. The molecule has 0 rings (SSSR count). The summed E-state index contributed by atoms with van der Waals surface area (Å²) in [6.07, 6.45) is 0.535. The van der Waals surface area contributed by atoms with Crippen LogP contribution in [0.3, 0.4) is 0 Å². The second kappa shape index (κ2) is 2.57. The van der Waals surface area contributed by atoms with Crippen LogP contribution in [0.25, 0.3) is 0 Å². The average molecular weight is 129 g/mol. The molecule has 9 heavy (non-hydrogen) atoms. The highest BCUT2D eigenvalue weighted by molar-refractivity contribution is 5.47. The molecule has 0 aliphatic carbocycles. The number of carbonyl (C=O) groups is 1. The molecule has 4 nitrogen and oxygen atoms in total. The van der Waals surface area contributed by atoms with Gasteiger partial charge in [-0.3, -0.25) is 4.79 Å². The zero-order valence-corrected chi connectivity index (χ0v) is 5.88. The third-order valence-corrected chi connectivity index (χ3v) is 0.895. The highest BCUT2D eigenvalue weighted by atomic mass is 16.1. The fraction of sp³-hybridized carbons (Fsp3) is 0.800. The zero-order chi connectivity index (χ0) is 7.49. The van der Waals surface area contributed by atoms with E-state index in [0.717, 1.165) is 5.01 Å². The van der Waals surface area contributed by atoms with Crippen LogP contribution in [0.5, 0.6) is 0 Å². The molecule has 0 radical (unpaired) electrons. The van der Waals surface area contributed by atoms with Crippen LogP contribution >= 0.6 is 0 Å². The summed E-state index contributed by atoms with van der Waals surface area (Å²) in [6.45, 7) is 5.42. The molecule has 0 unspecified atom stereocenters. The van der Waals surface area contributed by atoms with Crippen molar-refractivity contribution in [1.29, 1.82) is 5.53 Å². The number of amides is 1. The Kier molecular flexibility index (Phi) is 2.30. The Bertz CT molecular complexity index is 108. The van der Waals surface area contributed by atoms with Gasteiger partial charge in [0.15, 0.2) is 0 Å². The summed E-state index contributed by atoms with van der Waals surface area (Å²) in [4.78, 5) is 10.1. The van der Waals surface area contributed by atoms with Crippen molar-refractivity contribution in [2.75, 3.05) is 0 Å². The first-order valence-corrected chi connectivity index (χ1v) is 2.64. The second-order valence-electron chi connectivity index (χ2n) is 2.72. The van der Waals surface area contributed by atoms with Gasteiger partial charge >= 0.3 is 0 Å². The van der Waals surface area contributed by atoms with Crippen LogP contribution in [-0.2, 0) is 4.79 Å². The predicted molar refractivity (Wildman–Crippen MR) is 32.8 cm³/mol. The number of rotatable bonds is 2. The normalized spacial score (nSPS) is 10.6. The second-order valence-corrected chi connectivity index (χ2v) is 2.72. The van der Waals surface area contributed by atoms with E-state index in [9.17, 15) is 4.79 Å². The van der Waals surface area contributed by atoms with Gasteiger partial charge in [0.25, 0.3) is 0 Å². The van der Waals surface area contributed by atoms with Gasteiger partial charge in [-0.1, -0.05) is 5.22 Å². The molecule has 4 heteroatoms. The van der Waals surface area contributed by atoms with Gasteiger partial charge in [-0.15, -0.1) is 0 Å². The molecule has 1 N–H and O–H groups in total. The molecule has 0 aromatic rings. The third kappa shape index (κ3) is 2.21. The molecule has 0 heterocycles. The maximum Gasteiger partial charge on any atom is 0.231 e. The molecule has 52 valence electrons. The largest absolute Gasteiger partial charge is 0.277 e. The Morgan fingerprint density at radius 2 is 2.00 bits per heavy atom. The Morgan fingerprint density at radius 1 is 1.56 bits per heavy atom. The molecule has 0 fully saturated rings. The number of nitrogens with one attached hydrogen (secondary N) is 1.